The summed E-state index contributed by atoms with van der Waals surface area (Å²) >= 11 is 1.40. The summed E-state index contributed by atoms with van der Waals surface area (Å²) in [6, 6.07) is 31.6. The monoisotopic (exact) mass is 588 g/mol. The highest BCUT2D eigenvalue weighted by Crippen LogP contribution is 2.23. The maximum Gasteiger partial charge on any atom is 0.272 e. The number of amides is 3. The van der Waals surface area contributed by atoms with Gasteiger partial charge in [-0.1, -0.05) is 62.4 Å². The molecule has 3 amide bonds. The maximum atomic E-state index is 13.4. The quantitative estimate of drug-likeness (QED) is 0.101. The third-order valence-electron chi connectivity index (χ3n) is 6.79. The number of carbonyl (C=O) groups is 3. The van der Waals surface area contributed by atoms with Crippen LogP contribution in [0, 0.1) is 0 Å². The predicted molar refractivity (Wildman–Crippen MR) is 175 cm³/mol. The zero-order valence-corrected chi connectivity index (χ0v) is 24.7. The Morgan fingerprint density at radius 3 is 2.16 bits per heavy atom. The van der Waals surface area contributed by atoms with Crippen LogP contribution in [0.1, 0.15) is 41.3 Å². The van der Waals surface area contributed by atoms with Crippen LogP contribution in [-0.4, -0.2) is 28.5 Å². The Kier molecular flexibility index (Phi) is 9.39. The topological polar surface area (TPSA) is 103 Å². The highest BCUT2D eigenvalue weighted by atomic mass is 32.2. The van der Waals surface area contributed by atoms with Gasteiger partial charge in [-0.25, -0.2) is 0 Å². The lowest BCUT2D eigenvalue weighted by atomic mass is 10.0. The molecule has 0 aliphatic heterocycles. The molecule has 0 unspecified atom stereocenters. The summed E-state index contributed by atoms with van der Waals surface area (Å²) in [5.74, 6) is -0.259. The summed E-state index contributed by atoms with van der Waals surface area (Å²) in [6.07, 6.45) is 3.46. The summed E-state index contributed by atoms with van der Waals surface area (Å²) in [5.41, 5.74) is 4.79. The molecule has 7 nitrogen and oxygen atoms in total. The van der Waals surface area contributed by atoms with Crippen LogP contribution < -0.4 is 16.0 Å². The molecule has 0 aliphatic carbocycles. The van der Waals surface area contributed by atoms with E-state index in [1.807, 2.05) is 66.7 Å². The minimum absolute atomic E-state index is 0.0964. The lowest BCUT2D eigenvalue weighted by Crippen LogP contribution is -2.30. The summed E-state index contributed by atoms with van der Waals surface area (Å²) in [7, 11) is 0. The first-order valence-corrected chi connectivity index (χ1v) is 14.9. The van der Waals surface area contributed by atoms with Crippen LogP contribution in [0.5, 0.6) is 0 Å². The molecular weight excluding hydrogens is 556 g/mol. The molecule has 4 N–H and O–H groups in total. The first-order valence-electron chi connectivity index (χ1n) is 13.9. The van der Waals surface area contributed by atoms with Crippen LogP contribution in [-0.2, 0) is 9.59 Å². The van der Waals surface area contributed by atoms with Gasteiger partial charge in [0.15, 0.2) is 0 Å². The number of anilines is 2. The number of nitrogens with one attached hydrogen (secondary N) is 4. The van der Waals surface area contributed by atoms with Gasteiger partial charge in [0.1, 0.15) is 5.70 Å². The standard InChI is InChI=1S/C35H32N4O3S/c1-23(2)24-12-14-27(15-13-24)37-33(40)22-43-29-18-16-28(17-19-29)38-35(42)32(39-34(41)25-8-4-3-5-9-25)20-26-21-36-31-11-7-6-10-30(26)31/h3-21,23,36H,22H2,1-2H3,(H,37,40)(H,38,42)(H,39,41)/b32-20-. The molecular formula is C35H32N4O3S. The van der Waals surface area contributed by atoms with Crippen molar-refractivity contribution in [3.8, 4) is 0 Å². The number of aromatic amines is 1. The van der Waals surface area contributed by atoms with Gasteiger partial charge in [-0.15, -0.1) is 11.8 Å². The number of fused-ring (bicyclic) bond motifs is 1. The van der Waals surface area contributed by atoms with Crippen LogP contribution in [0.15, 0.2) is 120 Å². The number of rotatable bonds is 10. The lowest BCUT2D eigenvalue weighted by molar-refractivity contribution is -0.114. The van der Waals surface area contributed by atoms with Gasteiger partial charge in [0, 0.05) is 44.5 Å². The highest BCUT2D eigenvalue weighted by molar-refractivity contribution is 8.00. The van der Waals surface area contributed by atoms with Gasteiger partial charge in [0.2, 0.25) is 5.91 Å². The molecule has 43 heavy (non-hydrogen) atoms. The fourth-order valence-electron chi connectivity index (χ4n) is 4.44. The lowest BCUT2D eigenvalue weighted by Gasteiger charge is -2.12. The zero-order valence-electron chi connectivity index (χ0n) is 23.9. The molecule has 0 bridgehead atoms. The molecule has 5 rings (SSSR count). The van der Waals surface area contributed by atoms with Crippen molar-refractivity contribution in [3.05, 3.63) is 132 Å². The van der Waals surface area contributed by atoms with E-state index >= 15 is 0 Å². The Morgan fingerprint density at radius 1 is 0.791 bits per heavy atom. The van der Waals surface area contributed by atoms with Gasteiger partial charge in [-0.2, -0.15) is 0 Å². The van der Waals surface area contributed by atoms with E-state index in [2.05, 4.69) is 34.8 Å². The Balaban J connectivity index is 1.24. The molecule has 0 aliphatic rings. The molecule has 8 heteroatoms. The van der Waals surface area contributed by atoms with Gasteiger partial charge < -0.3 is 20.9 Å². The third-order valence-corrected chi connectivity index (χ3v) is 7.81. The first-order chi connectivity index (χ1) is 20.9. The van der Waals surface area contributed by atoms with Crippen molar-refractivity contribution < 1.29 is 14.4 Å². The molecule has 0 atom stereocenters. The normalized spacial score (nSPS) is 11.4. The van der Waals surface area contributed by atoms with E-state index in [1.54, 1.807) is 48.7 Å². The van der Waals surface area contributed by atoms with E-state index in [9.17, 15) is 14.4 Å². The average Bonchev–Trinajstić information content (AvgIpc) is 3.43. The van der Waals surface area contributed by atoms with E-state index in [0.717, 1.165) is 27.0 Å². The molecule has 0 fully saturated rings. The Hall–Kier alpha value is -5.08. The van der Waals surface area contributed by atoms with Crippen molar-refractivity contribution in [3.63, 3.8) is 0 Å². The second kappa shape index (κ2) is 13.7. The number of carbonyl (C=O) groups excluding carboxylic acids is 3. The van der Waals surface area contributed by atoms with E-state index in [4.69, 9.17) is 0 Å². The van der Waals surface area contributed by atoms with Gasteiger partial charge in [0.25, 0.3) is 11.8 Å². The summed E-state index contributed by atoms with van der Waals surface area (Å²) in [5, 5.41) is 9.51. The maximum absolute atomic E-state index is 13.4. The number of hydrogen-bond acceptors (Lipinski definition) is 4. The van der Waals surface area contributed by atoms with Gasteiger partial charge in [0.05, 0.1) is 5.75 Å². The van der Waals surface area contributed by atoms with Gasteiger partial charge in [-0.3, -0.25) is 14.4 Å². The second-order valence-corrected chi connectivity index (χ2v) is 11.3. The highest BCUT2D eigenvalue weighted by Gasteiger charge is 2.16. The van der Waals surface area contributed by atoms with Crippen molar-refractivity contribution in [2.75, 3.05) is 16.4 Å². The minimum Gasteiger partial charge on any atom is -0.361 e. The number of H-pyrrole nitrogens is 1. The summed E-state index contributed by atoms with van der Waals surface area (Å²) in [4.78, 5) is 42.9. The van der Waals surface area contributed by atoms with Crippen LogP contribution in [0.4, 0.5) is 11.4 Å². The average molecular weight is 589 g/mol. The van der Waals surface area contributed by atoms with Crippen LogP contribution in [0.2, 0.25) is 0 Å². The smallest absolute Gasteiger partial charge is 0.272 e. The van der Waals surface area contributed by atoms with Gasteiger partial charge >= 0.3 is 0 Å². The largest absolute Gasteiger partial charge is 0.361 e. The van der Waals surface area contributed by atoms with Crippen molar-refractivity contribution in [1.82, 2.24) is 10.3 Å². The van der Waals surface area contributed by atoms with Crippen molar-refractivity contribution in [2.24, 2.45) is 0 Å². The van der Waals surface area contributed by atoms with E-state index in [0.29, 0.717) is 17.2 Å². The Morgan fingerprint density at radius 2 is 1.44 bits per heavy atom. The number of hydrogen-bond donors (Lipinski definition) is 4. The molecule has 4 aromatic carbocycles. The van der Waals surface area contributed by atoms with E-state index in [-0.39, 0.29) is 23.3 Å². The Labute approximate surface area is 254 Å². The molecule has 216 valence electrons. The number of thioether (sulfide) groups is 1. The fourth-order valence-corrected chi connectivity index (χ4v) is 5.14. The molecule has 5 aromatic rings. The molecule has 0 radical (unpaired) electrons. The first kappa shape index (κ1) is 29.4. The molecule has 0 saturated carbocycles. The van der Waals surface area contributed by atoms with Crippen LogP contribution in [0.25, 0.3) is 17.0 Å². The van der Waals surface area contributed by atoms with Crippen LogP contribution >= 0.6 is 11.8 Å². The minimum atomic E-state index is -0.460. The summed E-state index contributed by atoms with van der Waals surface area (Å²) < 4.78 is 0. The fraction of sp³-hybridized carbons (Fsp3) is 0.114. The van der Waals surface area contributed by atoms with Crippen molar-refractivity contribution in [1.29, 1.82) is 0 Å². The molecule has 0 spiro atoms. The number of para-hydroxylation sites is 1. The third kappa shape index (κ3) is 7.81. The Bertz CT molecular complexity index is 1760. The van der Waals surface area contributed by atoms with Crippen molar-refractivity contribution >= 4 is 57.8 Å². The molecule has 0 saturated heterocycles. The molecule has 1 heterocycles. The number of benzene rings is 4. The second-order valence-electron chi connectivity index (χ2n) is 10.3. The van der Waals surface area contributed by atoms with Crippen LogP contribution in [0.3, 0.4) is 0 Å². The molecule has 1 aromatic heterocycles. The van der Waals surface area contributed by atoms with E-state index in [1.165, 1.54) is 17.3 Å². The van der Waals surface area contributed by atoms with E-state index < -0.39 is 5.91 Å². The predicted octanol–water partition coefficient (Wildman–Crippen LogP) is 7.43. The SMILES string of the molecule is CC(C)c1ccc(NC(=O)CSc2ccc(NC(=O)/C(=C/c3c[nH]c4ccccc34)NC(=O)c3ccccc3)cc2)cc1. The van der Waals surface area contributed by atoms with Gasteiger partial charge in [-0.05, 0) is 72.2 Å². The zero-order chi connectivity index (χ0) is 30.2. The van der Waals surface area contributed by atoms with Crippen molar-refractivity contribution in [2.45, 2.75) is 24.7 Å². The number of aromatic nitrogens is 1. The summed E-state index contributed by atoms with van der Waals surface area (Å²) in [6.45, 7) is 4.26.